The van der Waals surface area contributed by atoms with E-state index < -0.39 is 66.1 Å². The highest BCUT2D eigenvalue weighted by Crippen LogP contribution is 2.39. The van der Waals surface area contributed by atoms with E-state index >= 15 is 0 Å². The lowest BCUT2D eigenvalue weighted by atomic mass is 9.95. The molecule has 1 aliphatic rings. The van der Waals surface area contributed by atoms with Crippen molar-refractivity contribution in [3.05, 3.63) is 45.1 Å². The second-order valence-electron chi connectivity index (χ2n) is 10.5. The summed E-state index contributed by atoms with van der Waals surface area (Å²) >= 11 is 6.86. The molecule has 1 aromatic carbocycles. The fourth-order valence-corrected chi connectivity index (χ4v) is 5.22. The molecule has 1 atom stereocenters. The molecule has 1 aromatic heterocycles. The number of benzene rings is 1. The maximum atomic E-state index is 14.0. The largest absolute Gasteiger partial charge is 0.418 e. The number of amides is 3. The first-order valence-corrected chi connectivity index (χ1v) is 13.7. The molecule has 2 aromatic rings. The highest BCUT2D eigenvalue weighted by molar-refractivity contribution is 7.18. The number of morpholine rings is 1. The second kappa shape index (κ2) is 13.4. The Kier molecular flexibility index (Phi) is 10.7. The van der Waals surface area contributed by atoms with Gasteiger partial charge in [0.05, 0.1) is 33.6 Å². The minimum absolute atomic E-state index is 0.0159. The molecule has 0 saturated carbocycles. The number of hydrogen-bond donors (Lipinski definition) is 2. The molecule has 0 aliphatic carbocycles. The van der Waals surface area contributed by atoms with Gasteiger partial charge in [0.2, 0.25) is 5.91 Å². The Morgan fingerprint density at radius 3 is 2.44 bits per heavy atom. The summed E-state index contributed by atoms with van der Waals surface area (Å²) in [5.74, 6) is -2.14. The number of rotatable bonds is 10. The number of thiophene rings is 1. The second-order valence-corrected chi connectivity index (χ2v) is 12.2. The Morgan fingerprint density at radius 1 is 1.17 bits per heavy atom. The van der Waals surface area contributed by atoms with Crippen LogP contribution in [0.15, 0.2) is 30.3 Å². The number of hydrogen-bond acceptors (Lipinski definition) is 6. The summed E-state index contributed by atoms with van der Waals surface area (Å²) in [5.41, 5.74) is -2.37. The van der Waals surface area contributed by atoms with E-state index in [1.807, 2.05) is 0 Å². The number of halogens is 6. The average molecular weight is 625 g/mol. The molecule has 2 N–H and O–H groups in total. The number of carbonyl (C=O) groups is 3. The third-order valence-electron chi connectivity index (χ3n) is 5.89. The van der Waals surface area contributed by atoms with Crippen LogP contribution in [0.5, 0.6) is 0 Å². The molecule has 41 heavy (non-hydrogen) atoms. The molecule has 3 rings (SSSR count). The normalized spacial score (nSPS) is 15.4. The van der Waals surface area contributed by atoms with Gasteiger partial charge in [0, 0.05) is 25.3 Å². The fraction of sp³-hybridized carbons (Fsp3) is 0.500. The van der Waals surface area contributed by atoms with E-state index in [1.165, 1.54) is 23.1 Å². The first-order valence-electron chi connectivity index (χ1n) is 12.5. The monoisotopic (exact) mass is 624 g/mol. The molecular formula is C26H30ClF5N4O4S. The Morgan fingerprint density at radius 2 is 1.88 bits per heavy atom. The van der Waals surface area contributed by atoms with Crippen molar-refractivity contribution in [1.29, 1.82) is 0 Å². The molecule has 0 spiro atoms. The fourth-order valence-electron chi connectivity index (χ4n) is 4.26. The van der Waals surface area contributed by atoms with Crippen LogP contribution >= 0.6 is 22.9 Å². The molecule has 0 bridgehead atoms. The lowest BCUT2D eigenvalue weighted by Crippen LogP contribution is -2.54. The molecule has 8 nitrogen and oxygen atoms in total. The van der Waals surface area contributed by atoms with Crippen LogP contribution in [0.3, 0.4) is 0 Å². The molecule has 1 saturated heterocycles. The lowest BCUT2D eigenvalue weighted by Gasteiger charge is -2.35. The summed E-state index contributed by atoms with van der Waals surface area (Å²) in [7, 11) is 0. The third-order valence-corrected chi connectivity index (χ3v) is 7.12. The van der Waals surface area contributed by atoms with Gasteiger partial charge in [-0.3, -0.25) is 19.3 Å². The van der Waals surface area contributed by atoms with Crippen molar-refractivity contribution < 1.29 is 41.1 Å². The Hall–Kier alpha value is -2.81. The van der Waals surface area contributed by atoms with E-state index in [0.717, 1.165) is 22.3 Å². The SMILES string of the molecule is CC(C)(C)CN(CC(F)F)[C@H](CNC(=O)c1ccc(Cl)s1)C(=O)Nc1ccc(N2CCOCC2=O)c(C(F)(F)F)c1. The summed E-state index contributed by atoms with van der Waals surface area (Å²) in [6.45, 7) is 3.71. The number of ether oxygens (including phenoxy) is 1. The summed E-state index contributed by atoms with van der Waals surface area (Å²) in [5, 5.41) is 4.92. The van der Waals surface area contributed by atoms with Gasteiger partial charge in [-0.15, -0.1) is 11.3 Å². The Balaban J connectivity index is 1.91. The highest BCUT2D eigenvalue weighted by atomic mass is 35.5. The van der Waals surface area contributed by atoms with Crippen molar-refractivity contribution in [2.45, 2.75) is 39.4 Å². The van der Waals surface area contributed by atoms with Crippen molar-refractivity contribution in [3.8, 4) is 0 Å². The molecule has 0 unspecified atom stereocenters. The maximum Gasteiger partial charge on any atom is 0.418 e. The van der Waals surface area contributed by atoms with Crippen molar-refractivity contribution in [2.24, 2.45) is 5.41 Å². The van der Waals surface area contributed by atoms with E-state index in [9.17, 15) is 36.3 Å². The smallest absolute Gasteiger partial charge is 0.370 e. The van der Waals surface area contributed by atoms with Crippen LogP contribution in [0.4, 0.5) is 33.3 Å². The number of carbonyl (C=O) groups excluding carboxylic acids is 3. The highest BCUT2D eigenvalue weighted by Gasteiger charge is 2.38. The summed E-state index contributed by atoms with van der Waals surface area (Å²) in [6, 6.07) is 4.53. The number of nitrogens with one attached hydrogen (secondary N) is 2. The first-order chi connectivity index (χ1) is 19.0. The number of nitrogens with zero attached hydrogens (tertiary/aromatic N) is 2. The lowest BCUT2D eigenvalue weighted by molar-refractivity contribution is -0.137. The van der Waals surface area contributed by atoms with E-state index in [-0.39, 0.29) is 36.9 Å². The molecular weight excluding hydrogens is 595 g/mol. The van der Waals surface area contributed by atoms with Crippen molar-refractivity contribution in [2.75, 3.05) is 49.6 Å². The molecule has 1 fully saturated rings. The Bertz CT molecular complexity index is 1250. The van der Waals surface area contributed by atoms with Gasteiger partial charge in [-0.25, -0.2) is 8.78 Å². The quantitative estimate of drug-likeness (QED) is 0.358. The van der Waals surface area contributed by atoms with E-state index in [4.69, 9.17) is 16.3 Å². The minimum atomic E-state index is -4.88. The van der Waals surface area contributed by atoms with Gasteiger partial charge >= 0.3 is 6.18 Å². The zero-order valence-electron chi connectivity index (χ0n) is 22.5. The molecule has 1 aliphatic heterocycles. The standard InChI is InChI=1S/C26H30ClF5N4O4S/c1-25(2,3)14-35(12-21(28)29)18(11-33-24(39)19-6-7-20(27)41-19)23(38)34-15-4-5-17(16(10-15)26(30,31)32)36-8-9-40-13-22(36)37/h4-7,10,18,21H,8-9,11-14H2,1-3H3,(H,33,39)(H,34,38)/t18-/m1/s1. The van der Waals surface area contributed by atoms with Crippen molar-refractivity contribution >= 4 is 52.0 Å². The van der Waals surface area contributed by atoms with Crippen LogP contribution in [0.2, 0.25) is 4.34 Å². The summed E-state index contributed by atoms with van der Waals surface area (Å²) < 4.78 is 74.5. The van der Waals surface area contributed by atoms with Gasteiger partial charge in [0.25, 0.3) is 18.2 Å². The van der Waals surface area contributed by atoms with Crippen LogP contribution in [0, 0.1) is 5.41 Å². The first kappa shape index (κ1) is 32.7. The number of alkyl halides is 5. The van der Waals surface area contributed by atoms with Gasteiger partial charge in [0.15, 0.2) is 0 Å². The van der Waals surface area contributed by atoms with E-state index in [2.05, 4.69) is 10.6 Å². The molecule has 226 valence electrons. The van der Waals surface area contributed by atoms with Crippen LogP contribution in [0.25, 0.3) is 0 Å². The van der Waals surface area contributed by atoms with Gasteiger partial charge in [-0.1, -0.05) is 32.4 Å². The van der Waals surface area contributed by atoms with Gasteiger partial charge < -0.3 is 20.3 Å². The van der Waals surface area contributed by atoms with Gasteiger partial charge in [0.1, 0.15) is 12.6 Å². The summed E-state index contributed by atoms with van der Waals surface area (Å²) in [4.78, 5) is 40.6. The predicted molar refractivity (Wildman–Crippen MR) is 146 cm³/mol. The summed E-state index contributed by atoms with van der Waals surface area (Å²) in [6.07, 6.45) is -7.71. The molecule has 15 heteroatoms. The van der Waals surface area contributed by atoms with Crippen LogP contribution < -0.4 is 15.5 Å². The molecule has 2 heterocycles. The van der Waals surface area contributed by atoms with Gasteiger partial charge in [-0.2, -0.15) is 13.2 Å². The minimum Gasteiger partial charge on any atom is -0.370 e. The van der Waals surface area contributed by atoms with Gasteiger partial charge in [-0.05, 0) is 35.7 Å². The number of anilines is 2. The molecule has 0 radical (unpaired) electrons. The topological polar surface area (TPSA) is 91.0 Å². The Labute approximate surface area is 242 Å². The zero-order valence-corrected chi connectivity index (χ0v) is 24.1. The van der Waals surface area contributed by atoms with Crippen LogP contribution in [-0.4, -0.2) is 74.5 Å². The van der Waals surface area contributed by atoms with Crippen LogP contribution in [0.1, 0.15) is 36.0 Å². The maximum absolute atomic E-state index is 14.0. The van der Waals surface area contributed by atoms with Crippen molar-refractivity contribution in [1.82, 2.24) is 10.2 Å². The zero-order chi connectivity index (χ0) is 30.5. The van der Waals surface area contributed by atoms with E-state index in [0.29, 0.717) is 10.4 Å². The average Bonchev–Trinajstić information content (AvgIpc) is 3.29. The predicted octanol–water partition coefficient (Wildman–Crippen LogP) is 5.13. The van der Waals surface area contributed by atoms with Crippen molar-refractivity contribution in [3.63, 3.8) is 0 Å². The molecule has 3 amide bonds. The third kappa shape index (κ3) is 9.35. The van der Waals surface area contributed by atoms with Crippen LogP contribution in [-0.2, 0) is 20.5 Å². The van der Waals surface area contributed by atoms with E-state index in [1.54, 1.807) is 20.8 Å².